The number of hydrogen-bond donors (Lipinski definition) is 2. The lowest BCUT2D eigenvalue weighted by atomic mass is 10.2. The van der Waals surface area contributed by atoms with Crippen LogP contribution in [0.4, 0.5) is 5.82 Å². The van der Waals surface area contributed by atoms with E-state index in [1.54, 1.807) is 4.57 Å². The van der Waals surface area contributed by atoms with E-state index in [9.17, 15) is 4.79 Å². The van der Waals surface area contributed by atoms with Gasteiger partial charge in [0.1, 0.15) is 5.52 Å². The van der Waals surface area contributed by atoms with Crippen molar-refractivity contribution in [2.45, 2.75) is 58.6 Å². The summed E-state index contributed by atoms with van der Waals surface area (Å²) in [6, 6.07) is 0.235. The fourth-order valence-corrected chi connectivity index (χ4v) is 3.79. The lowest BCUT2D eigenvalue weighted by Gasteiger charge is -2.32. The van der Waals surface area contributed by atoms with Crippen LogP contribution >= 0.6 is 0 Å². The summed E-state index contributed by atoms with van der Waals surface area (Å²) < 4.78 is 7.44. The summed E-state index contributed by atoms with van der Waals surface area (Å²) in [6.07, 6.45) is 5.07. The van der Waals surface area contributed by atoms with Crippen LogP contribution in [0.3, 0.4) is 0 Å². The standard InChI is InChI=1S/C20H35N7O2/c1-4-8-15(2)29-19-23-17(21)16-18(24-19)27(20(28)22-16)10-7-5-6-9-26-13-11-25(3)12-14-26/h15H,4-14H2,1-3H3,(H,22,28)(H2,21,23,24)/t15-/m0/s1. The van der Waals surface area contributed by atoms with Crippen molar-refractivity contribution in [3.63, 3.8) is 0 Å². The molecule has 0 amide bonds. The van der Waals surface area contributed by atoms with Crippen LogP contribution in [0.1, 0.15) is 46.0 Å². The van der Waals surface area contributed by atoms with E-state index in [1.807, 2.05) is 6.92 Å². The van der Waals surface area contributed by atoms with Crippen molar-refractivity contribution in [1.82, 2.24) is 29.3 Å². The Kier molecular flexibility index (Phi) is 7.49. The highest BCUT2D eigenvalue weighted by atomic mass is 16.5. The Hall–Kier alpha value is -2.13. The molecule has 0 saturated carbocycles. The molecule has 1 aliphatic rings. The molecule has 9 nitrogen and oxygen atoms in total. The maximum Gasteiger partial charge on any atom is 0.327 e. The highest BCUT2D eigenvalue weighted by Crippen LogP contribution is 2.19. The number of rotatable bonds is 10. The molecule has 1 fully saturated rings. The number of fused-ring (bicyclic) bond motifs is 1. The third-order valence-corrected chi connectivity index (χ3v) is 5.58. The zero-order valence-corrected chi connectivity index (χ0v) is 18.0. The largest absolute Gasteiger partial charge is 0.460 e. The number of piperazine rings is 1. The first-order valence-electron chi connectivity index (χ1n) is 10.8. The first-order valence-corrected chi connectivity index (χ1v) is 10.8. The first kappa shape index (κ1) is 21.6. The summed E-state index contributed by atoms with van der Waals surface area (Å²) in [5.74, 6) is 0.250. The average molecular weight is 406 g/mol. The van der Waals surface area contributed by atoms with Crippen LogP contribution < -0.4 is 16.2 Å². The molecule has 2 aromatic rings. The minimum Gasteiger partial charge on any atom is -0.460 e. The van der Waals surface area contributed by atoms with E-state index in [2.05, 4.69) is 38.7 Å². The van der Waals surface area contributed by atoms with Gasteiger partial charge in [0.25, 0.3) is 0 Å². The van der Waals surface area contributed by atoms with Crippen LogP contribution in [0.15, 0.2) is 4.79 Å². The molecule has 0 spiro atoms. The molecule has 1 aliphatic heterocycles. The van der Waals surface area contributed by atoms with Gasteiger partial charge < -0.3 is 25.3 Å². The molecule has 3 rings (SSSR count). The van der Waals surface area contributed by atoms with Gasteiger partial charge >= 0.3 is 11.7 Å². The predicted octanol–water partition coefficient (Wildman–Crippen LogP) is 1.69. The first-order chi connectivity index (χ1) is 14.0. The number of nitrogen functional groups attached to an aromatic ring is 1. The summed E-state index contributed by atoms with van der Waals surface area (Å²) in [5.41, 5.74) is 6.86. The van der Waals surface area contributed by atoms with E-state index < -0.39 is 0 Å². The van der Waals surface area contributed by atoms with Gasteiger partial charge in [-0.15, -0.1) is 0 Å². The van der Waals surface area contributed by atoms with Gasteiger partial charge in [-0.05, 0) is 39.8 Å². The number of nitrogens with zero attached hydrogens (tertiary/aromatic N) is 5. The molecule has 29 heavy (non-hydrogen) atoms. The third kappa shape index (κ3) is 5.70. The zero-order chi connectivity index (χ0) is 20.8. The van der Waals surface area contributed by atoms with Gasteiger partial charge in [-0.1, -0.05) is 19.8 Å². The minimum absolute atomic E-state index is 0.00513. The summed E-state index contributed by atoms with van der Waals surface area (Å²) >= 11 is 0. The van der Waals surface area contributed by atoms with E-state index in [0.717, 1.165) is 64.8 Å². The molecule has 9 heteroatoms. The molecule has 2 aromatic heterocycles. The summed E-state index contributed by atoms with van der Waals surface area (Å²) in [7, 11) is 2.17. The smallest absolute Gasteiger partial charge is 0.327 e. The van der Waals surface area contributed by atoms with Crippen LogP contribution in [0.5, 0.6) is 6.01 Å². The molecule has 0 bridgehead atoms. The fourth-order valence-electron chi connectivity index (χ4n) is 3.79. The molecule has 1 atom stereocenters. The van der Waals surface area contributed by atoms with E-state index in [-0.39, 0.29) is 23.6 Å². The van der Waals surface area contributed by atoms with Crippen molar-refractivity contribution in [2.24, 2.45) is 0 Å². The zero-order valence-electron chi connectivity index (χ0n) is 18.0. The third-order valence-electron chi connectivity index (χ3n) is 5.58. The van der Waals surface area contributed by atoms with Gasteiger partial charge in [0, 0.05) is 32.7 Å². The predicted molar refractivity (Wildman–Crippen MR) is 115 cm³/mol. The Balaban J connectivity index is 1.57. The van der Waals surface area contributed by atoms with Crippen molar-refractivity contribution in [3.8, 4) is 6.01 Å². The van der Waals surface area contributed by atoms with Crippen molar-refractivity contribution >= 4 is 17.0 Å². The van der Waals surface area contributed by atoms with Crippen molar-refractivity contribution in [2.75, 3.05) is 45.5 Å². The molecule has 0 aromatic carbocycles. The maximum absolute atomic E-state index is 12.4. The number of ether oxygens (including phenoxy) is 1. The number of hydrogen-bond acceptors (Lipinski definition) is 7. The molecular formula is C20H35N7O2. The lowest BCUT2D eigenvalue weighted by Crippen LogP contribution is -2.44. The van der Waals surface area contributed by atoms with Gasteiger partial charge in [0.05, 0.1) is 6.10 Å². The van der Waals surface area contributed by atoms with Crippen LogP contribution in [0, 0.1) is 0 Å². The maximum atomic E-state index is 12.4. The fraction of sp³-hybridized carbons (Fsp3) is 0.750. The average Bonchev–Trinajstić information content (AvgIpc) is 2.99. The Morgan fingerprint density at radius 2 is 1.86 bits per heavy atom. The van der Waals surface area contributed by atoms with E-state index in [4.69, 9.17) is 10.5 Å². The summed E-state index contributed by atoms with van der Waals surface area (Å²) in [6.45, 7) is 10.4. The normalized spacial score (nSPS) is 17.1. The second kappa shape index (κ2) is 10.1. The van der Waals surface area contributed by atoms with Crippen LogP contribution in [-0.4, -0.2) is 75.2 Å². The van der Waals surface area contributed by atoms with Gasteiger partial charge in [-0.2, -0.15) is 9.97 Å². The molecule has 3 heterocycles. The molecule has 0 aliphatic carbocycles. The van der Waals surface area contributed by atoms with Crippen molar-refractivity contribution in [3.05, 3.63) is 10.5 Å². The minimum atomic E-state index is -0.196. The second-order valence-corrected chi connectivity index (χ2v) is 8.09. The monoisotopic (exact) mass is 405 g/mol. The van der Waals surface area contributed by atoms with Gasteiger partial charge in [0.15, 0.2) is 11.5 Å². The second-order valence-electron chi connectivity index (χ2n) is 8.09. The molecule has 0 radical (unpaired) electrons. The number of likely N-dealkylation sites (N-methyl/N-ethyl adjacent to an activating group) is 1. The molecule has 162 valence electrons. The van der Waals surface area contributed by atoms with Crippen molar-refractivity contribution < 1.29 is 4.74 Å². The number of aryl methyl sites for hydroxylation is 1. The van der Waals surface area contributed by atoms with Crippen molar-refractivity contribution in [1.29, 1.82) is 0 Å². The Morgan fingerprint density at radius 1 is 1.14 bits per heavy atom. The molecule has 1 saturated heterocycles. The number of anilines is 1. The number of aromatic amines is 1. The highest BCUT2D eigenvalue weighted by Gasteiger charge is 2.16. The lowest BCUT2D eigenvalue weighted by molar-refractivity contribution is 0.152. The van der Waals surface area contributed by atoms with Gasteiger partial charge in [0.2, 0.25) is 0 Å². The van der Waals surface area contributed by atoms with E-state index in [0.29, 0.717) is 17.7 Å². The quantitative estimate of drug-likeness (QED) is 0.580. The van der Waals surface area contributed by atoms with E-state index >= 15 is 0 Å². The number of unbranched alkanes of at least 4 members (excludes halogenated alkanes) is 2. The molecule has 3 N–H and O–H groups in total. The van der Waals surface area contributed by atoms with Crippen LogP contribution in [0.25, 0.3) is 11.2 Å². The van der Waals surface area contributed by atoms with E-state index in [1.165, 1.54) is 0 Å². The van der Waals surface area contributed by atoms with Gasteiger partial charge in [-0.3, -0.25) is 4.57 Å². The topological polar surface area (TPSA) is 105 Å². The highest BCUT2D eigenvalue weighted by molar-refractivity contribution is 5.81. The number of H-pyrrole nitrogens is 1. The summed E-state index contributed by atoms with van der Waals surface area (Å²) in [5, 5.41) is 0. The van der Waals surface area contributed by atoms with Gasteiger partial charge in [-0.25, -0.2) is 4.79 Å². The summed E-state index contributed by atoms with van der Waals surface area (Å²) in [4.78, 5) is 28.7. The SMILES string of the molecule is CCC[C@H](C)Oc1nc(N)c2[nH]c(=O)n(CCCCCN3CCN(C)CC3)c2n1. The number of nitrogens with one attached hydrogen (secondary N) is 1. The number of imidazole rings is 1. The Labute approximate surface area is 172 Å². The van der Waals surface area contributed by atoms with Crippen LogP contribution in [-0.2, 0) is 6.54 Å². The number of nitrogens with two attached hydrogens (primary N) is 1. The number of aromatic nitrogens is 4. The Bertz CT molecular complexity index is 839. The van der Waals surface area contributed by atoms with Crippen LogP contribution in [0.2, 0.25) is 0 Å². The molecular weight excluding hydrogens is 370 g/mol. The Morgan fingerprint density at radius 3 is 2.59 bits per heavy atom. The molecule has 0 unspecified atom stereocenters.